The van der Waals surface area contributed by atoms with Crippen molar-refractivity contribution >= 4 is 11.8 Å². The highest BCUT2D eigenvalue weighted by Gasteiger charge is 2.44. The summed E-state index contributed by atoms with van der Waals surface area (Å²) < 4.78 is 2.00. The van der Waals surface area contributed by atoms with Gasteiger partial charge in [0.15, 0.2) is 0 Å². The van der Waals surface area contributed by atoms with Crippen LogP contribution in [0.5, 0.6) is 0 Å². The number of aromatic nitrogens is 2. The molecule has 1 fully saturated rings. The summed E-state index contributed by atoms with van der Waals surface area (Å²) in [4.78, 5) is 32.4. The van der Waals surface area contributed by atoms with E-state index in [1.165, 1.54) is 4.90 Å². The zero-order chi connectivity index (χ0) is 15.3. The molecule has 114 valence electrons. The SMILES string of the molecule is C[C@@H]1C[C@@H]1C(=O)N1CCn2cc(C(=O)N(C)C)nc2[C@H]1C. The molecule has 1 aromatic heterocycles. The topological polar surface area (TPSA) is 58.4 Å². The van der Waals surface area contributed by atoms with Crippen LogP contribution < -0.4 is 0 Å². The zero-order valence-corrected chi connectivity index (χ0v) is 13.0. The Labute approximate surface area is 124 Å². The van der Waals surface area contributed by atoms with Crippen molar-refractivity contribution in [2.75, 3.05) is 20.6 Å². The van der Waals surface area contributed by atoms with Crippen LogP contribution in [0.25, 0.3) is 0 Å². The lowest BCUT2D eigenvalue weighted by Gasteiger charge is -2.34. The van der Waals surface area contributed by atoms with E-state index in [0.717, 1.165) is 12.2 Å². The van der Waals surface area contributed by atoms with Gasteiger partial charge in [0.25, 0.3) is 5.91 Å². The second kappa shape index (κ2) is 4.86. The van der Waals surface area contributed by atoms with Crippen LogP contribution in [0.1, 0.15) is 42.6 Å². The first-order valence-electron chi connectivity index (χ1n) is 7.49. The fraction of sp³-hybridized carbons (Fsp3) is 0.667. The number of hydrogen-bond acceptors (Lipinski definition) is 3. The highest BCUT2D eigenvalue weighted by molar-refractivity contribution is 5.91. The lowest BCUT2D eigenvalue weighted by atomic mass is 10.1. The minimum absolute atomic E-state index is 0.0669. The van der Waals surface area contributed by atoms with E-state index in [-0.39, 0.29) is 23.8 Å². The number of carbonyl (C=O) groups is 2. The Kier molecular flexibility index (Phi) is 3.26. The van der Waals surface area contributed by atoms with Gasteiger partial charge in [-0.3, -0.25) is 9.59 Å². The van der Waals surface area contributed by atoms with Crippen LogP contribution >= 0.6 is 0 Å². The first kappa shape index (κ1) is 14.1. The van der Waals surface area contributed by atoms with Gasteiger partial charge in [-0.05, 0) is 19.3 Å². The summed E-state index contributed by atoms with van der Waals surface area (Å²) in [5, 5.41) is 0. The Bertz CT molecular complexity index is 592. The number of carbonyl (C=O) groups excluding carboxylic acids is 2. The maximum atomic E-state index is 12.5. The van der Waals surface area contributed by atoms with Gasteiger partial charge in [0.05, 0.1) is 6.04 Å². The van der Waals surface area contributed by atoms with Gasteiger partial charge in [0.1, 0.15) is 11.5 Å². The van der Waals surface area contributed by atoms with Crippen molar-refractivity contribution in [2.24, 2.45) is 11.8 Å². The molecule has 0 saturated heterocycles. The molecule has 0 radical (unpaired) electrons. The number of nitrogens with zero attached hydrogens (tertiary/aromatic N) is 4. The van der Waals surface area contributed by atoms with Crippen molar-refractivity contribution in [3.8, 4) is 0 Å². The smallest absolute Gasteiger partial charge is 0.273 e. The highest BCUT2D eigenvalue weighted by Crippen LogP contribution is 2.41. The van der Waals surface area contributed by atoms with E-state index in [9.17, 15) is 9.59 Å². The lowest BCUT2D eigenvalue weighted by molar-refractivity contribution is -0.136. The minimum atomic E-state index is -0.0993. The summed E-state index contributed by atoms with van der Waals surface area (Å²) in [6.07, 6.45) is 2.80. The molecule has 0 aromatic carbocycles. The number of rotatable bonds is 2. The third-order valence-corrected chi connectivity index (χ3v) is 4.57. The molecular weight excluding hydrogens is 268 g/mol. The number of amides is 2. The van der Waals surface area contributed by atoms with Gasteiger partial charge in [-0.2, -0.15) is 0 Å². The Balaban J connectivity index is 1.83. The first-order valence-corrected chi connectivity index (χ1v) is 7.49. The van der Waals surface area contributed by atoms with Crippen LogP contribution in [-0.4, -0.2) is 51.8 Å². The quantitative estimate of drug-likeness (QED) is 0.821. The van der Waals surface area contributed by atoms with Gasteiger partial charge < -0.3 is 14.4 Å². The molecule has 0 spiro atoms. The molecule has 2 aliphatic rings. The van der Waals surface area contributed by atoms with Gasteiger partial charge in [0, 0.05) is 39.3 Å². The molecule has 1 aliphatic carbocycles. The van der Waals surface area contributed by atoms with Gasteiger partial charge in [0.2, 0.25) is 5.91 Å². The molecule has 0 bridgehead atoms. The molecule has 3 rings (SSSR count). The average Bonchev–Trinajstić information content (AvgIpc) is 3.01. The molecule has 21 heavy (non-hydrogen) atoms. The summed E-state index contributed by atoms with van der Waals surface area (Å²) in [5.74, 6) is 1.66. The molecular formula is C15H22N4O2. The summed E-state index contributed by atoms with van der Waals surface area (Å²) in [7, 11) is 3.43. The molecule has 1 aromatic rings. The monoisotopic (exact) mass is 290 g/mol. The molecule has 6 heteroatoms. The summed E-state index contributed by atoms with van der Waals surface area (Å²) in [6.45, 7) is 5.52. The molecule has 2 heterocycles. The van der Waals surface area contributed by atoms with Gasteiger partial charge in [-0.25, -0.2) is 4.98 Å². The van der Waals surface area contributed by atoms with Crippen molar-refractivity contribution in [2.45, 2.75) is 32.9 Å². The van der Waals surface area contributed by atoms with E-state index in [2.05, 4.69) is 11.9 Å². The molecule has 6 nitrogen and oxygen atoms in total. The van der Waals surface area contributed by atoms with Crippen molar-refractivity contribution < 1.29 is 9.59 Å². The molecule has 3 atom stereocenters. The number of hydrogen-bond donors (Lipinski definition) is 0. The molecule has 1 saturated carbocycles. The van der Waals surface area contributed by atoms with Crippen molar-refractivity contribution in [3.63, 3.8) is 0 Å². The largest absolute Gasteiger partial charge is 0.343 e. The van der Waals surface area contributed by atoms with Gasteiger partial charge in [-0.15, -0.1) is 0 Å². The zero-order valence-electron chi connectivity index (χ0n) is 13.0. The fourth-order valence-electron chi connectivity index (χ4n) is 3.00. The van der Waals surface area contributed by atoms with Crippen LogP contribution in [0.2, 0.25) is 0 Å². The second-order valence-electron chi connectivity index (χ2n) is 6.40. The van der Waals surface area contributed by atoms with Crippen LogP contribution in [0.15, 0.2) is 6.20 Å². The molecule has 0 N–H and O–H groups in total. The second-order valence-corrected chi connectivity index (χ2v) is 6.40. The number of imidazole rings is 1. The maximum absolute atomic E-state index is 12.5. The van der Waals surface area contributed by atoms with E-state index < -0.39 is 0 Å². The van der Waals surface area contributed by atoms with Crippen LogP contribution in [-0.2, 0) is 11.3 Å². The normalized spacial score (nSPS) is 27.2. The fourth-order valence-corrected chi connectivity index (χ4v) is 3.00. The predicted molar refractivity (Wildman–Crippen MR) is 77.6 cm³/mol. The van der Waals surface area contributed by atoms with E-state index in [1.54, 1.807) is 20.3 Å². The first-order chi connectivity index (χ1) is 9.90. The lowest BCUT2D eigenvalue weighted by Crippen LogP contribution is -2.42. The van der Waals surface area contributed by atoms with Crippen molar-refractivity contribution in [1.82, 2.24) is 19.4 Å². The van der Waals surface area contributed by atoms with Crippen molar-refractivity contribution in [1.29, 1.82) is 0 Å². The van der Waals surface area contributed by atoms with Gasteiger partial charge >= 0.3 is 0 Å². The Hall–Kier alpha value is -1.85. The summed E-state index contributed by atoms with van der Waals surface area (Å²) >= 11 is 0. The average molecular weight is 290 g/mol. The van der Waals surface area contributed by atoms with Crippen molar-refractivity contribution in [3.05, 3.63) is 17.7 Å². The minimum Gasteiger partial charge on any atom is -0.343 e. The Morgan fingerprint density at radius 3 is 2.52 bits per heavy atom. The van der Waals surface area contributed by atoms with E-state index in [0.29, 0.717) is 24.7 Å². The Morgan fingerprint density at radius 2 is 1.95 bits per heavy atom. The summed E-state index contributed by atoms with van der Waals surface area (Å²) in [5.41, 5.74) is 0.455. The summed E-state index contributed by atoms with van der Waals surface area (Å²) in [6, 6.07) is -0.0669. The maximum Gasteiger partial charge on any atom is 0.273 e. The van der Waals surface area contributed by atoms with E-state index in [1.807, 2.05) is 16.4 Å². The Morgan fingerprint density at radius 1 is 1.29 bits per heavy atom. The third kappa shape index (κ3) is 2.32. The van der Waals surface area contributed by atoms with Crippen LogP contribution in [0.4, 0.5) is 0 Å². The van der Waals surface area contributed by atoms with Gasteiger partial charge in [-0.1, -0.05) is 6.92 Å². The molecule has 1 aliphatic heterocycles. The van der Waals surface area contributed by atoms with Crippen LogP contribution in [0, 0.1) is 11.8 Å². The molecule has 2 amide bonds. The van der Waals surface area contributed by atoms with Crippen LogP contribution in [0.3, 0.4) is 0 Å². The standard InChI is InChI=1S/C15H22N4O2/c1-9-7-11(9)14(20)19-6-5-18-8-12(15(21)17(3)4)16-13(18)10(19)2/h8-11H,5-7H2,1-4H3/t9-,10-,11+/m1/s1. The number of fused-ring (bicyclic) bond motifs is 1. The highest BCUT2D eigenvalue weighted by atomic mass is 16.2. The predicted octanol–water partition coefficient (Wildman–Crippen LogP) is 1.14. The third-order valence-electron chi connectivity index (χ3n) is 4.57. The van der Waals surface area contributed by atoms with E-state index >= 15 is 0 Å². The molecule has 0 unspecified atom stereocenters. The van der Waals surface area contributed by atoms with E-state index in [4.69, 9.17) is 0 Å².